The Kier molecular flexibility index (Phi) is 6.85. The maximum Gasteiger partial charge on any atom is 0.335 e. The normalized spacial score (nSPS) is 10.7. The first kappa shape index (κ1) is 21.2. The molecule has 0 spiro atoms. The van der Waals surface area contributed by atoms with Crippen molar-refractivity contribution in [2.24, 2.45) is 0 Å². The molecule has 0 saturated heterocycles. The first-order valence-electron chi connectivity index (χ1n) is 8.74. The smallest absolute Gasteiger partial charge is 0.335 e. The van der Waals surface area contributed by atoms with Crippen molar-refractivity contribution in [2.75, 3.05) is 5.32 Å². The lowest BCUT2D eigenvalue weighted by atomic mass is 10.1. The molecule has 1 heterocycles. The number of nitrogens with one attached hydrogen (secondary N) is 1. The SMILES string of the molecule is O=C(O)c1ccc(CCn2c(CNc3cccc(Cl)c3)c(Cl)cc(Cl)c2=O)cc1. The van der Waals surface area contributed by atoms with Gasteiger partial charge in [-0.25, -0.2) is 4.79 Å². The van der Waals surface area contributed by atoms with Crippen molar-refractivity contribution in [2.45, 2.75) is 19.5 Å². The van der Waals surface area contributed by atoms with E-state index in [-0.39, 0.29) is 16.1 Å². The van der Waals surface area contributed by atoms with Gasteiger partial charge in [-0.3, -0.25) is 4.79 Å². The van der Waals surface area contributed by atoms with Gasteiger partial charge in [0.1, 0.15) is 5.02 Å². The van der Waals surface area contributed by atoms with E-state index in [1.54, 1.807) is 24.3 Å². The van der Waals surface area contributed by atoms with Crippen LogP contribution in [0.5, 0.6) is 0 Å². The molecular weight excluding hydrogens is 435 g/mol. The summed E-state index contributed by atoms with van der Waals surface area (Å²) in [5, 5.41) is 13.2. The minimum absolute atomic E-state index is 0.0442. The maximum absolute atomic E-state index is 12.6. The van der Waals surface area contributed by atoms with E-state index in [0.717, 1.165) is 11.3 Å². The van der Waals surface area contributed by atoms with Gasteiger partial charge in [0.15, 0.2) is 0 Å². The Balaban J connectivity index is 1.82. The number of aromatic carboxylic acids is 1. The van der Waals surface area contributed by atoms with Crippen LogP contribution in [-0.2, 0) is 19.5 Å². The molecule has 0 unspecified atom stereocenters. The minimum atomic E-state index is -0.983. The first-order chi connectivity index (χ1) is 13.8. The molecule has 0 radical (unpaired) electrons. The first-order valence-corrected chi connectivity index (χ1v) is 9.88. The Bertz CT molecular complexity index is 1100. The third-order valence-corrected chi connectivity index (χ3v) is 5.25. The van der Waals surface area contributed by atoms with Gasteiger partial charge in [0.05, 0.1) is 22.8 Å². The topological polar surface area (TPSA) is 71.3 Å². The number of carbonyl (C=O) groups is 1. The van der Waals surface area contributed by atoms with E-state index < -0.39 is 5.97 Å². The molecule has 2 N–H and O–H groups in total. The molecule has 0 aliphatic rings. The quantitative estimate of drug-likeness (QED) is 0.507. The van der Waals surface area contributed by atoms with Crippen LogP contribution in [0.25, 0.3) is 0 Å². The molecular formula is C21H17Cl3N2O3. The predicted octanol–water partition coefficient (Wildman–Crippen LogP) is 5.36. The average Bonchev–Trinajstić information content (AvgIpc) is 2.69. The van der Waals surface area contributed by atoms with E-state index in [9.17, 15) is 9.59 Å². The zero-order valence-corrected chi connectivity index (χ0v) is 17.4. The van der Waals surface area contributed by atoms with Crippen LogP contribution in [0.1, 0.15) is 21.6 Å². The summed E-state index contributed by atoms with van der Waals surface area (Å²) >= 11 is 18.4. The van der Waals surface area contributed by atoms with Crippen molar-refractivity contribution in [3.63, 3.8) is 0 Å². The molecule has 0 atom stereocenters. The van der Waals surface area contributed by atoms with Gasteiger partial charge in [0.2, 0.25) is 0 Å². The zero-order valence-electron chi connectivity index (χ0n) is 15.2. The van der Waals surface area contributed by atoms with E-state index in [2.05, 4.69) is 5.32 Å². The second kappa shape index (κ2) is 9.35. The molecule has 0 fully saturated rings. The highest BCUT2D eigenvalue weighted by molar-refractivity contribution is 6.34. The molecule has 3 aromatic rings. The van der Waals surface area contributed by atoms with Crippen molar-refractivity contribution in [3.8, 4) is 0 Å². The number of anilines is 1. The highest BCUT2D eigenvalue weighted by atomic mass is 35.5. The largest absolute Gasteiger partial charge is 0.478 e. The van der Waals surface area contributed by atoms with Crippen molar-refractivity contribution >= 4 is 46.5 Å². The lowest BCUT2D eigenvalue weighted by Gasteiger charge is -2.16. The minimum Gasteiger partial charge on any atom is -0.478 e. The van der Waals surface area contributed by atoms with Crippen LogP contribution in [0.4, 0.5) is 5.69 Å². The third-order valence-electron chi connectivity index (χ3n) is 4.41. The van der Waals surface area contributed by atoms with Crippen LogP contribution in [-0.4, -0.2) is 15.6 Å². The molecule has 1 aromatic heterocycles. The molecule has 2 aromatic carbocycles. The Morgan fingerprint density at radius 2 is 1.72 bits per heavy atom. The summed E-state index contributed by atoms with van der Waals surface area (Å²) in [4.78, 5) is 23.6. The number of hydrogen-bond acceptors (Lipinski definition) is 3. The molecule has 0 bridgehead atoms. The zero-order chi connectivity index (χ0) is 21.0. The molecule has 8 heteroatoms. The number of nitrogens with zero attached hydrogens (tertiary/aromatic N) is 1. The number of benzene rings is 2. The Hall–Kier alpha value is -2.47. The van der Waals surface area contributed by atoms with Crippen molar-refractivity contribution in [3.05, 3.63) is 96.8 Å². The van der Waals surface area contributed by atoms with Gasteiger partial charge in [-0.2, -0.15) is 0 Å². The molecule has 0 aliphatic heterocycles. The van der Waals surface area contributed by atoms with E-state index in [1.807, 2.05) is 12.1 Å². The van der Waals surface area contributed by atoms with Crippen LogP contribution in [0.3, 0.4) is 0 Å². The fraction of sp³-hybridized carbons (Fsp3) is 0.143. The van der Waals surface area contributed by atoms with E-state index in [4.69, 9.17) is 39.9 Å². The monoisotopic (exact) mass is 450 g/mol. The number of hydrogen-bond donors (Lipinski definition) is 2. The fourth-order valence-electron chi connectivity index (χ4n) is 2.89. The third kappa shape index (κ3) is 5.32. The second-order valence-electron chi connectivity index (χ2n) is 6.36. The molecule has 0 amide bonds. The van der Waals surface area contributed by atoms with Gasteiger partial charge < -0.3 is 15.0 Å². The number of carboxylic acid groups (broad SMARTS) is 1. The molecule has 3 rings (SSSR count). The van der Waals surface area contributed by atoms with Gasteiger partial charge in [-0.1, -0.05) is 53.0 Å². The summed E-state index contributed by atoms with van der Waals surface area (Å²) in [7, 11) is 0. The molecule has 150 valence electrons. The highest BCUT2D eigenvalue weighted by Gasteiger charge is 2.13. The molecule has 5 nitrogen and oxygen atoms in total. The van der Waals surface area contributed by atoms with Gasteiger partial charge >= 0.3 is 5.97 Å². The van der Waals surface area contributed by atoms with Crippen LogP contribution >= 0.6 is 34.8 Å². The lowest BCUT2D eigenvalue weighted by molar-refractivity contribution is 0.0697. The molecule has 29 heavy (non-hydrogen) atoms. The van der Waals surface area contributed by atoms with Gasteiger partial charge in [-0.05, 0) is 48.4 Å². The van der Waals surface area contributed by atoms with Crippen molar-refractivity contribution in [1.29, 1.82) is 0 Å². The molecule has 0 saturated carbocycles. The second-order valence-corrected chi connectivity index (χ2v) is 7.61. The molecule has 0 aliphatic carbocycles. The number of rotatable bonds is 7. The van der Waals surface area contributed by atoms with E-state index in [0.29, 0.717) is 35.2 Å². The summed E-state index contributed by atoms with van der Waals surface area (Å²) in [6.45, 7) is 0.654. The summed E-state index contributed by atoms with van der Waals surface area (Å²) in [5.74, 6) is -0.983. The van der Waals surface area contributed by atoms with E-state index >= 15 is 0 Å². The van der Waals surface area contributed by atoms with Crippen LogP contribution in [0.15, 0.2) is 59.4 Å². The Morgan fingerprint density at radius 1 is 1.00 bits per heavy atom. The van der Waals surface area contributed by atoms with Gasteiger partial charge in [0, 0.05) is 17.3 Å². The van der Waals surface area contributed by atoms with Crippen molar-refractivity contribution < 1.29 is 9.90 Å². The predicted molar refractivity (Wildman–Crippen MR) is 117 cm³/mol. The van der Waals surface area contributed by atoms with Crippen LogP contribution in [0.2, 0.25) is 15.1 Å². The lowest BCUT2D eigenvalue weighted by Crippen LogP contribution is -2.26. The van der Waals surface area contributed by atoms with Crippen molar-refractivity contribution in [1.82, 2.24) is 4.57 Å². The number of carboxylic acids is 1. The number of halogens is 3. The number of aromatic nitrogens is 1. The Morgan fingerprint density at radius 3 is 2.38 bits per heavy atom. The average molecular weight is 452 g/mol. The summed E-state index contributed by atoms with van der Waals surface area (Å²) in [5.41, 5.74) is 2.17. The summed E-state index contributed by atoms with van der Waals surface area (Å²) < 4.78 is 1.54. The summed E-state index contributed by atoms with van der Waals surface area (Å²) in [6, 6.07) is 15.2. The number of pyridine rings is 1. The highest BCUT2D eigenvalue weighted by Crippen LogP contribution is 2.21. The maximum atomic E-state index is 12.6. The number of aryl methyl sites for hydroxylation is 1. The van der Waals surface area contributed by atoms with Gasteiger partial charge in [0.25, 0.3) is 5.56 Å². The Labute approximate surface area is 182 Å². The van der Waals surface area contributed by atoms with Crippen LogP contribution < -0.4 is 10.9 Å². The van der Waals surface area contributed by atoms with E-state index in [1.165, 1.54) is 22.8 Å². The standard InChI is InChI=1S/C21H17Cl3N2O3/c22-15-2-1-3-16(10-15)25-12-19-17(23)11-18(24)20(27)26(19)9-8-13-4-6-14(7-5-13)21(28)29/h1-7,10-11,25H,8-9,12H2,(H,28,29). The summed E-state index contributed by atoms with van der Waals surface area (Å²) in [6.07, 6.45) is 0.515. The fourth-order valence-corrected chi connectivity index (χ4v) is 3.63. The van der Waals surface area contributed by atoms with Crippen LogP contribution in [0, 0.1) is 0 Å². The van der Waals surface area contributed by atoms with Gasteiger partial charge in [-0.15, -0.1) is 0 Å².